The average molecular weight is 371 g/mol. The Hall–Kier alpha value is -1.89. The Bertz CT molecular complexity index is 795. The predicted molar refractivity (Wildman–Crippen MR) is 101 cm³/mol. The number of hydrogen-bond acceptors (Lipinski definition) is 0. The van der Waals surface area contributed by atoms with Gasteiger partial charge in [0.2, 0.25) is 0 Å². The van der Waals surface area contributed by atoms with Crippen LogP contribution >= 0.6 is 0 Å². The van der Waals surface area contributed by atoms with E-state index < -0.39 is 15.0 Å². The van der Waals surface area contributed by atoms with Crippen LogP contribution in [0.5, 0.6) is 0 Å². The number of benzene rings is 2. The van der Waals surface area contributed by atoms with Gasteiger partial charge in [0.1, 0.15) is 0 Å². The van der Waals surface area contributed by atoms with Crippen molar-refractivity contribution in [1.29, 1.82) is 0 Å². The summed E-state index contributed by atoms with van der Waals surface area (Å²) in [6.45, 7) is 4.16. The molecule has 1 heterocycles. The summed E-state index contributed by atoms with van der Waals surface area (Å²) in [6, 6.07) is 14.0. The number of hydrogen-bond donors (Lipinski definition) is 0. The molecule has 23 heavy (non-hydrogen) atoms. The van der Waals surface area contributed by atoms with E-state index in [1.54, 1.807) is 6.07 Å². The van der Waals surface area contributed by atoms with Crippen LogP contribution in [-0.2, 0) is 6.42 Å². The summed E-state index contributed by atoms with van der Waals surface area (Å²) in [6.07, 6.45) is 9.39. The fourth-order valence-corrected chi connectivity index (χ4v) is 5.28. The predicted octanol–water partition coefficient (Wildman–Crippen LogP) is 5.04. The van der Waals surface area contributed by atoms with Gasteiger partial charge in [-0.05, 0) is 0 Å². The standard InChI is InChI=1S/C21H21FSe/c1-3-5-18-11-13-21(23-18)19-12-10-17(14-20(19)22)16-8-6-15(4-2)7-9-16/h3,5-14H,4,23H2,1-2H3. The van der Waals surface area contributed by atoms with Crippen molar-refractivity contribution in [3.63, 3.8) is 0 Å². The molecule has 0 spiro atoms. The van der Waals surface area contributed by atoms with E-state index in [0.29, 0.717) is 0 Å². The molecule has 2 heteroatoms. The average Bonchev–Trinajstić information content (AvgIpc) is 3.03. The minimum absolute atomic E-state index is 0.118. The van der Waals surface area contributed by atoms with Crippen LogP contribution < -0.4 is 0 Å². The quantitative estimate of drug-likeness (QED) is 0.661. The van der Waals surface area contributed by atoms with Crippen molar-refractivity contribution in [3.05, 3.63) is 88.2 Å². The van der Waals surface area contributed by atoms with E-state index in [4.69, 9.17) is 0 Å². The van der Waals surface area contributed by atoms with Crippen LogP contribution in [0.4, 0.5) is 4.39 Å². The number of aryl methyl sites for hydroxylation is 1. The molecule has 118 valence electrons. The molecule has 0 aromatic heterocycles. The molecule has 2 aromatic rings. The summed E-state index contributed by atoms with van der Waals surface area (Å²) in [7, 11) is 0. The second-order valence-electron chi connectivity index (χ2n) is 5.57. The second kappa shape index (κ2) is 7.12. The molecule has 0 saturated heterocycles. The van der Waals surface area contributed by atoms with Gasteiger partial charge in [0.25, 0.3) is 0 Å². The first-order valence-corrected chi connectivity index (χ1v) is 10.0. The maximum atomic E-state index is 14.6. The molecule has 3 rings (SSSR count). The molecule has 0 aliphatic carbocycles. The normalized spacial score (nSPS) is 16.0. The van der Waals surface area contributed by atoms with E-state index in [-0.39, 0.29) is 5.82 Å². The maximum absolute atomic E-state index is 14.6. The fourth-order valence-electron chi connectivity index (χ4n) is 2.69. The molecule has 0 fully saturated rings. The Morgan fingerprint density at radius 1 is 1.00 bits per heavy atom. The summed E-state index contributed by atoms with van der Waals surface area (Å²) in [5, 5.41) is 0. The van der Waals surface area contributed by atoms with Crippen LogP contribution in [0.1, 0.15) is 25.0 Å². The van der Waals surface area contributed by atoms with Gasteiger partial charge < -0.3 is 0 Å². The third-order valence-electron chi connectivity index (χ3n) is 4.01. The number of allylic oxidation sites excluding steroid dienone is 5. The van der Waals surface area contributed by atoms with Gasteiger partial charge >= 0.3 is 143 Å². The monoisotopic (exact) mass is 372 g/mol. The topological polar surface area (TPSA) is 0 Å². The third-order valence-corrected chi connectivity index (χ3v) is 6.79. The van der Waals surface area contributed by atoms with Crippen molar-refractivity contribution in [3.8, 4) is 11.1 Å². The molecule has 0 nitrogen and oxygen atoms in total. The molecule has 0 radical (unpaired) electrons. The molecule has 0 atom stereocenters. The van der Waals surface area contributed by atoms with E-state index in [2.05, 4.69) is 49.4 Å². The summed E-state index contributed by atoms with van der Waals surface area (Å²) in [5.41, 5.74) is 4.07. The number of rotatable bonds is 4. The van der Waals surface area contributed by atoms with E-state index >= 15 is 0 Å². The zero-order valence-electron chi connectivity index (χ0n) is 13.4. The van der Waals surface area contributed by atoms with Crippen LogP contribution in [-0.4, -0.2) is 15.0 Å². The van der Waals surface area contributed by atoms with Crippen molar-refractivity contribution in [2.75, 3.05) is 0 Å². The van der Waals surface area contributed by atoms with Gasteiger partial charge in [-0.2, -0.15) is 0 Å². The Labute approximate surface area is 143 Å². The van der Waals surface area contributed by atoms with Crippen LogP contribution in [0.15, 0.2) is 71.2 Å². The molecule has 0 N–H and O–H groups in total. The molecule has 0 bridgehead atoms. The summed E-state index contributed by atoms with van der Waals surface area (Å²) >= 11 is -0.413. The Balaban J connectivity index is 1.84. The van der Waals surface area contributed by atoms with Crippen molar-refractivity contribution in [2.45, 2.75) is 20.3 Å². The van der Waals surface area contributed by atoms with Crippen molar-refractivity contribution in [1.82, 2.24) is 0 Å². The molecule has 0 saturated carbocycles. The molecule has 0 amide bonds. The van der Waals surface area contributed by atoms with Crippen LogP contribution in [0, 0.1) is 5.82 Å². The molecule has 1 aliphatic heterocycles. The molecular formula is C21H21FSe. The van der Waals surface area contributed by atoms with E-state index in [1.165, 1.54) is 14.5 Å². The van der Waals surface area contributed by atoms with Gasteiger partial charge in [-0.3, -0.25) is 0 Å². The zero-order chi connectivity index (χ0) is 16.2. The van der Waals surface area contributed by atoms with Crippen LogP contribution in [0.25, 0.3) is 15.6 Å². The SMILES string of the molecule is CC=CC1=CC=C(c2ccc(-c3ccc(CC)cc3)cc2F)[SeH2]1. The second-order valence-corrected chi connectivity index (χ2v) is 8.44. The summed E-state index contributed by atoms with van der Waals surface area (Å²) in [5.74, 6) is -0.118. The first kappa shape index (κ1) is 16.0. The Kier molecular flexibility index (Phi) is 4.95. The van der Waals surface area contributed by atoms with E-state index in [1.807, 2.05) is 25.1 Å². The molecular weight excluding hydrogens is 350 g/mol. The Morgan fingerprint density at radius 2 is 1.74 bits per heavy atom. The molecule has 2 aromatic carbocycles. The third kappa shape index (κ3) is 3.55. The zero-order valence-corrected chi connectivity index (χ0v) is 15.5. The van der Waals surface area contributed by atoms with Gasteiger partial charge in [-0.1, -0.05) is 0 Å². The van der Waals surface area contributed by atoms with Gasteiger partial charge in [-0.25, -0.2) is 0 Å². The minimum atomic E-state index is -0.413. The van der Waals surface area contributed by atoms with E-state index in [0.717, 1.165) is 23.1 Å². The van der Waals surface area contributed by atoms with Gasteiger partial charge in [0, 0.05) is 0 Å². The van der Waals surface area contributed by atoms with Gasteiger partial charge in [-0.15, -0.1) is 0 Å². The van der Waals surface area contributed by atoms with Gasteiger partial charge in [0.05, 0.1) is 0 Å². The van der Waals surface area contributed by atoms with Crippen molar-refractivity contribution < 1.29 is 4.39 Å². The van der Waals surface area contributed by atoms with Gasteiger partial charge in [0.15, 0.2) is 0 Å². The van der Waals surface area contributed by atoms with Crippen LogP contribution in [0.3, 0.4) is 0 Å². The Morgan fingerprint density at radius 3 is 2.39 bits per heavy atom. The van der Waals surface area contributed by atoms with Crippen LogP contribution in [0.2, 0.25) is 0 Å². The summed E-state index contributed by atoms with van der Waals surface area (Å²) < 4.78 is 17.1. The first-order chi connectivity index (χ1) is 11.2. The van der Waals surface area contributed by atoms with Crippen molar-refractivity contribution >= 4 is 19.4 Å². The summed E-state index contributed by atoms with van der Waals surface area (Å²) in [4.78, 5) is 0. The fraction of sp³-hybridized carbons (Fsp3) is 0.143. The molecule has 0 unspecified atom stereocenters. The van der Waals surface area contributed by atoms with Crippen molar-refractivity contribution in [2.24, 2.45) is 0 Å². The molecule has 1 aliphatic rings. The number of halogens is 1. The first-order valence-electron chi connectivity index (χ1n) is 7.92. The van der Waals surface area contributed by atoms with E-state index in [9.17, 15) is 4.39 Å².